The van der Waals surface area contributed by atoms with Crippen LogP contribution >= 0.6 is 11.6 Å². The van der Waals surface area contributed by atoms with Crippen LogP contribution in [0.5, 0.6) is 0 Å². The maximum atomic E-state index is 12.5. The van der Waals surface area contributed by atoms with Gasteiger partial charge in [-0.3, -0.25) is 4.79 Å². The van der Waals surface area contributed by atoms with Gasteiger partial charge >= 0.3 is 5.97 Å². The molecule has 3 rings (SSSR count). The molecule has 3 aromatic rings. The van der Waals surface area contributed by atoms with E-state index in [-0.39, 0.29) is 12.5 Å². The van der Waals surface area contributed by atoms with Gasteiger partial charge in [0.1, 0.15) is 6.61 Å². The predicted octanol–water partition coefficient (Wildman–Crippen LogP) is 5.51. The molecule has 29 heavy (non-hydrogen) atoms. The number of carbonyl (C=O) groups excluding carboxylic acids is 2. The van der Waals surface area contributed by atoms with Crippen LogP contribution in [0.1, 0.15) is 25.0 Å². The van der Waals surface area contributed by atoms with Gasteiger partial charge in [-0.25, -0.2) is 4.79 Å². The van der Waals surface area contributed by atoms with Crippen LogP contribution in [0.2, 0.25) is 0 Å². The summed E-state index contributed by atoms with van der Waals surface area (Å²) in [4.78, 5) is 22.4. The molecule has 4 nitrogen and oxygen atoms in total. The smallest absolute Gasteiger partial charge is 0.331 e. The Kier molecular flexibility index (Phi) is 6.35. The minimum Gasteiger partial charge on any atom is -0.459 e. The number of anilines is 1. The molecule has 0 aliphatic carbocycles. The summed E-state index contributed by atoms with van der Waals surface area (Å²) in [5, 5.41) is 2.74. The molecule has 0 saturated heterocycles. The Balaban J connectivity index is 1.69. The first-order valence-corrected chi connectivity index (χ1v) is 9.62. The highest BCUT2D eigenvalue weighted by atomic mass is 35.5. The van der Waals surface area contributed by atoms with Gasteiger partial charge in [0.15, 0.2) is 4.87 Å². The summed E-state index contributed by atoms with van der Waals surface area (Å²) in [5.41, 5.74) is 4.29. The third-order valence-electron chi connectivity index (χ3n) is 4.56. The van der Waals surface area contributed by atoms with Crippen molar-refractivity contribution in [3.8, 4) is 11.1 Å². The summed E-state index contributed by atoms with van der Waals surface area (Å²) in [5.74, 6) is -0.599. The SMILES string of the molecule is CC(=O)Nc1ccc(-c2ccc(C(C)(Cl)C(=O)OCc3ccccc3)cc2)cc1. The molecule has 0 heterocycles. The molecular formula is C24H22ClNO3. The summed E-state index contributed by atoms with van der Waals surface area (Å²) in [7, 11) is 0. The fourth-order valence-corrected chi connectivity index (χ4v) is 3.08. The van der Waals surface area contributed by atoms with Crippen LogP contribution in [0.25, 0.3) is 11.1 Å². The van der Waals surface area contributed by atoms with Crippen molar-refractivity contribution in [3.63, 3.8) is 0 Å². The van der Waals surface area contributed by atoms with Gasteiger partial charge < -0.3 is 10.1 Å². The van der Waals surface area contributed by atoms with Crippen LogP contribution < -0.4 is 5.32 Å². The number of amides is 1. The largest absolute Gasteiger partial charge is 0.459 e. The zero-order chi connectivity index (χ0) is 20.9. The molecular weight excluding hydrogens is 386 g/mol. The van der Waals surface area contributed by atoms with E-state index in [1.165, 1.54) is 6.92 Å². The minimum atomic E-state index is -1.28. The van der Waals surface area contributed by atoms with Crippen molar-refractivity contribution in [1.29, 1.82) is 0 Å². The molecule has 0 aliphatic rings. The highest BCUT2D eigenvalue weighted by molar-refractivity contribution is 6.33. The predicted molar refractivity (Wildman–Crippen MR) is 116 cm³/mol. The molecule has 0 aliphatic heterocycles. The average molecular weight is 408 g/mol. The molecule has 1 unspecified atom stereocenters. The standard InChI is InChI=1S/C24H22ClNO3/c1-17(27)26-22-14-10-20(11-15-22)19-8-12-21(13-9-19)24(2,25)23(28)29-16-18-6-4-3-5-7-18/h3-15H,16H2,1-2H3,(H,26,27). The quantitative estimate of drug-likeness (QED) is 0.433. The summed E-state index contributed by atoms with van der Waals surface area (Å²) in [6, 6.07) is 24.5. The second kappa shape index (κ2) is 8.93. The third kappa shape index (κ3) is 5.24. The minimum absolute atomic E-state index is 0.109. The van der Waals surface area contributed by atoms with Crippen LogP contribution in [-0.4, -0.2) is 11.9 Å². The number of ether oxygens (including phenoxy) is 1. The summed E-state index contributed by atoms with van der Waals surface area (Å²) in [6.45, 7) is 3.29. The average Bonchev–Trinajstić information content (AvgIpc) is 2.73. The van der Waals surface area contributed by atoms with Gasteiger partial charge in [0, 0.05) is 12.6 Å². The number of hydrogen-bond acceptors (Lipinski definition) is 3. The number of esters is 1. The summed E-state index contributed by atoms with van der Waals surface area (Å²) in [6.07, 6.45) is 0. The van der Waals surface area contributed by atoms with Crippen LogP contribution in [0.15, 0.2) is 78.9 Å². The fourth-order valence-electron chi connectivity index (χ4n) is 2.90. The number of halogens is 1. The fraction of sp³-hybridized carbons (Fsp3) is 0.167. The first kappa shape index (κ1) is 20.6. The molecule has 1 N–H and O–H groups in total. The van der Waals surface area contributed by atoms with E-state index in [4.69, 9.17) is 16.3 Å². The topological polar surface area (TPSA) is 55.4 Å². The molecule has 0 fully saturated rings. The lowest BCUT2D eigenvalue weighted by molar-refractivity contribution is -0.148. The summed E-state index contributed by atoms with van der Waals surface area (Å²) >= 11 is 6.53. The van der Waals surface area contributed by atoms with Gasteiger partial charge in [-0.15, -0.1) is 11.6 Å². The number of benzene rings is 3. The highest BCUT2D eigenvalue weighted by Crippen LogP contribution is 2.32. The van der Waals surface area contributed by atoms with Crippen molar-refractivity contribution in [2.24, 2.45) is 0 Å². The second-order valence-electron chi connectivity index (χ2n) is 6.90. The molecule has 1 amide bonds. The van der Waals surface area contributed by atoms with Gasteiger partial charge in [-0.2, -0.15) is 0 Å². The van der Waals surface area contributed by atoms with Gasteiger partial charge in [0.05, 0.1) is 0 Å². The van der Waals surface area contributed by atoms with Crippen molar-refractivity contribution in [2.75, 3.05) is 5.32 Å². The first-order valence-electron chi connectivity index (χ1n) is 9.25. The van der Waals surface area contributed by atoms with E-state index >= 15 is 0 Å². The van der Waals surface area contributed by atoms with E-state index in [2.05, 4.69) is 5.32 Å². The Morgan fingerprint density at radius 2 is 1.45 bits per heavy atom. The molecule has 5 heteroatoms. The van der Waals surface area contributed by atoms with Gasteiger partial charge in [-0.05, 0) is 41.3 Å². The van der Waals surface area contributed by atoms with Crippen LogP contribution in [0.4, 0.5) is 5.69 Å². The number of carbonyl (C=O) groups is 2. The zero-order valence-corrected chi connectivity index (χ0v) is 17.1. The molecule has 3 aromatic carbocycles. The Morgan fingerprint density at radius 1 is 0.897 bits per heavy atom. The number of nitrogens with one attached hydrogen (secondary N) is 1. The highest BCUT2D eigenvalue weighted by Gasteiger charge is 2.34. The third-order valence-corrected chi connectivity index (χ3v) is 4.93. The van der Waals surface area contributed by atoms with Gasteiger partial charge in [0.2, 0.25) is 5.91 Å². The maximum absolute atomic E-state index is 12.5. The maximum Gasteiger partial charge on any atom is 0.331 e. The van der Waals surface area contributed by atoms with Crippen molar-refractivity contribution in [1.82, 2.24) is 0 Å². The Bertz CT molecular complexity index is 981. The second-order valence-corrected chi connectivity index (χ2v) is 7.66. The molecule has 0 saturated carbocycles. The van der Waals surface area contributed by atoms with Gasteiger partial charge in [0.25, 0.3) is 0 Å². The molecule has 0 radical (unpaired) electrons. The normalized spacial score (nSPS) is 12.7. The van der Waals surface area contributed by atoms with Crippen LogP contribution in [-0.2, 0) is 25.8 Å². The van der Waals surface area contributed by atoms with Gasteiger partial charge in [-0.1, -0.05) is 66.7 Å². The molecule has 0 bridgehead atoms. The Labute approximate surface area is 175 Å². The Morgan fingerprint density at radius 3 is 2.00 bits per heavy atom. The van der Waals surface area contributed by atoms with E-state index < -0.39 is 10.8 Å². The van der Waals surface area contributed by atoms with Crippen LogP contribution in [0.3, 0.4) is 0 Å². The lowest BCUT2D eigenvalue weighted by Crippen LogP contribution is -2.28. The molecule has 1 atom stereocenters. The Hall–Kier alpha value is -3.11. The van der Waals surface area contributed by atoms with Crippen LogP contribution in [0, 0.1) is 0 Å². The molecule has 0 spiro atoms. The molecule has 148 valence electrons. The lowest BCUT2D eigenvalue weighted by atomic mass is 9.97. The number of rotatable bonds is 6. The van der Waals surface area contributed by atoms with Crippen molar-refractivity contribution >= 4 is 29.2 Å². The summed E-state index contributed by atoms with van der Waals surface area (Å²) < 4.78 is 5.40. The molecule has 0 aromatic heterocycles. The van der Waals surface area contributed by atoms with E-state index in [9.17, 15) is 9.59 Å². The van der Waals surface area contributed by atoms with E-state index in [1.807, 2.05) is 78.9 Å². The first-order chi connectivity index (χ1) is 13.9. The lowest BCUT2D eigenvalue weighted by Gasteiger charge is -2.21. The van der Waals surface area contributed by atoms with E-state index in [0.29, 0.717) is 5.56 Å². The zero-order valence-electron chi connectivity index (χ0n) is 16.3. The monoisotopic (exact) mass is 407 g/mol. The van der Waals surface area contributed by atoms with Crippen molar-refractivity contribution < 1.29 is 14.3 Å². The van der Waals surface area contributed by atoms with Crippen molar-refractivity contribution in [3.05, 3.63) is 90.0 Å². The van der Waals surface area contributed by atoms with Crippen molar-refractivity contribution in [2.45, 2.75) is 25.3 Å². The van der Waals surface area contributed by atoms with E-state index in [1.54, 1.807) is 6.92 Å². The number of alkyl halides is 1. The van der Waals surface area contributed by atoms with E-state index in [0.717, 1.165) is 22.4 Å². The number of hydrogen-bond donors (Lipinski definition) is 1.